The van der Waals surface area contributed by atoms with Gasteiger partial charge in [-0.05, 0) is 18.9 Å². The number of halogens is 1. The van der Waals surface area contributed by atoms with E-state index in [1.165, 1.54) is 18.2 Å². The van der Waals surface area contributed by atoms with Crippen LogP contribution < -0.4 is 11.1 Å². The van der Waals surface area contributed by atoms with Gasteiger partial charge >= 0.3 is 0 Å². The molecule has 0 spiro atoms. The number of nitrogens with one attached hydrogen (secondary N) is 1. The number of rotatable bonds is 3. The molecule has 1 aromatic carbocycles. The molecule has 0 heterocycles. The van der Waals surface area contributed by atoms with Gasteiger partial charge in [-0.2, -0.15) is 0 Å². The summed E-state index contributed by atoms with van der Waals surface area (Å²) in [5.41, 5.74) is 5.57. The van der Waals surface area contributed by atoms with E-state index in [9.17, 15) is 14.9 Å². The summed E-state index contributed by atoms with van der Waals surface area (Å²) in [7, 11) is 0. The lowest BCUT2D eigenvalue weighted by Crippen LogP contribution is -2.49. The van der Waals surface area contributed by atoms with Gasteiger partial charge in [0.2, 0.25) is 0 Å². The van der Waals surface area contributed by atoms with Gasteiger partial charge in [0, 0.05) is 18.2 Å². The minimum atomic E-state index is -0.610. The van der Waals surface area contributed by atoms with Gasteiger partial charge in [0.15, 0.2) is 0 Å². The molecule has 2 rings (SSSR count). The second kappa shape index (κ2) is 6.19. The zero-order chi connectivity index (χ0) is 14.7. The lowest BCUT2D eigenvalue weighted by Gasteiger charge is -2.29. The summed E-state index contributed by atoms with van der Waals surface area (Å²) >= 11 is 5.93. The van der Waals surface area contributed by atoms with E-state index in [4.69, 9.17) is 17.3 Å². The predicted octanol–water partition coefficient (Wildman–Crippen LogP) is 2.25. The summed E-state index contributed by atoms with van der Waals surface area (Å²) in [5, 5.41) is 13.8. The first-order valence-corrected chi connectivity index (χ1v) is 6.88. The van der Waals surface area contributed by atoms with Crippen molar-refractivity contribution in [1.29, 1.82) is 0 Å². The number of nitro groups is 1. The number of nitrogens with zero attached hydrogens (tertiary/aromatic N) is 1. The van der Waals surface area contributed by atoms with Crippen molar-refractivity contribution in [2.75, 3.05) is 0 Å². The van der Waals surface area contributed by atoms with Crippen molar-refractivity contribution >= 4 is 23.2 Å². The van der Waals surface area contributed by atoms with E-state index in [1.54, 1.807) is 0 Å². The lowest BCUT2D eigenvalue weighted by atomic mass is 9.91. The van der Waals surface area contributed by atoms with Crippen LogP contribution in [0.3, 0.4) is 0 Å². The molecule has 0 aliphatic heterocycles. The summed E-state index contributed by atoms with van der Waals surface area (Å²) in [6.45, 7) is 0. The number of hydrogen-bond donors (Lipinski definition) is 2. The molecule has 1 aromatic rings. The number of nitrogens with two attached hydrogens (primary N) is 1. The molecule has 3 N–H and O–H groups in total. The van der Waals surface area contributed by atoms with Crippen molar-refractivity contribution in [2.24, 2.45) is 5.73 Å². The van der Waals surface area contributed by atoms with E-state index in [-0.39, 0.29) is 28.4 Å². The summed E-state index contributed by atoms with van der Waals surface area (Å²) < 4.78 is 0. The van der Waals surface area contributed by atoms with E-state index < -0.39 is 10.8 Å². The first kappa shape index (κ1) is 14.7. The summed E-state index contributed by atoms with van der Waals surface area (Å²) in [6.07, 6.45) is 3.66. The van der Waals surface area contributed by atoms with Crippen LogP contribution >= 0.6 is 11.6 Å². The van der Waals surface area contributed by atoms with Crippen LogP contribution in [0, 0.1) is 10.1 Å². The first-order valence-electron chi connectivity index (χ1n) is 6.50. The highest BCUT2D eigenvalue weighted by atomic mass is 35.5. The summed E-state index contributed by atoms with van der Waals surface area (Å²) in [5.74, 6) is -0.537. The number of hydrogen-bond acceptors (Lipinski definition) is 4. The molecule has 0 bridgehead atoms. The van der Waals surface area contributed by atoms with E-state index in [0.29, 0.717) is 0 Å². The van der Waals surface area contributed by atoms with Crippen molar-refractivity contribution in [1.82, 2.24) is 5.32 Å². The van der Waals surface area contributed by atoms with Gasteiger partial charge in [-0.3, -0.25) is 14.9 Å². The largest absolute Gasteiger partial charge is 0.347 e. The van der Waals surface area contributed by atoms with Crippen LogP contribution in [0.4, 0.5) is 5.69 Å². The highest BCUT2D eigenvalue weighted by Crippen LogP contribution is 2.27. The monoisotopic (exact) mass is 297 g/mol. The molecule has 20 heavy (non-hydrogen) atoms. The molecular weight excluding hydrogens is 282 g/mol. The fourth-order valence-electron chi connectivity index (χ4n) is 2.47. The molecule has 7 heteroatoms. The Balaban J connectivity index is 2.23. The summed E-state index contributed by atoms with van der Waals surface area (Å²) in [6, 6.07) is 3.90. The third kappa shape index (κ3) is 3.08. The zero-order valence-corrected chi connectivity index (χ0v) is 11.6. The Hall–Kier alpha value is -1.66. The average Bonchev–Trinajstić information content (AvgIpc) is 2.40. The molecular formula is C13H16ClN3O3. The van der Waals surface area contributed by atoms with Gasteiger partial charge in [0.25, 0.3) is 11.6 Å². The van der Waals surface area contributed by atoms with Crippen LogP contribution in [0.5, 0.6) is 0 Å². The topological polar surface area (TPSA) is 98.3 Å². The average molecular weight is 298 g/mol. The van der Waals surface area contributed by atoms with Crippen molar-refractivity contribution in [3.05, 3.63) is 38.9 Å². The van der Waals surface area contributed by atoms with Crippen LogP contribution in [0.15, 0.2) is 18.2 Å². The smallest absolute Gasteiger partial charge is 0.283 e. The third-order valence-electron chi connectivity index (χ3n) is 3.55. The number of carbonyl (C=O) groups excluding carboxylic acids is 1. The fourth-order valence-corrected chi connectivity index (χ4v) is 2.72. The fraction of sp³-hybridized carbons (Fsp3) is 0.462. The van der Waals surface area contributed by atoms with E-state index >= 15 is 0 Å². The molecule has 108 valence electrons. The highest BCUT2D eigenvalue weighted by Gasteiger charge is 2.28. The SMILES string of the molecule is N[C@@H]1CCCC[C@H]1NC(=O)c1c(Cl)cccc1[N+](=O)[O-]. The van der Waals surface area contributed by atoms with Crippen LogP contribution in [-0.2, 0) is 0 Å². The Bertz CT molecular complexity index is 536. The van der Waals surface area contributed by atoms with Crippen LogP contribution in [0.25, 0.3) is 0 Å². The van der Waals surface area contributed by atoms with Crippen LogP contribution in [-0.4, -0.2) is 22.9 Å². The molecule has 6 nitrogen and oxygen atoms in total. The molecule has 1 aliphatic rings. The second-order valence-corrected chi connectivity index (χ2v) is 5.33. The van der Waals surface area contributed by atoms with Crippen LogP contribution in [0.1, 0.15) is 36.0 Å². The quantitative estimate of drug-likeness (QED) is 0.660. The first-order chi connectivity index (χ1) is 9.50. The summed E-state index contributed by atoms with van der Waals surface area (Å²) in [4.78, 5) is 22.6. The van der Waals surface area contributed by atoms with Gasteiger partial charge in [0.05, 0.1) is 9.95 Å². The molecule has 0 aromatic heterocycles. The Morgan fingerprint density at radius 3 is 2.75 bits per heavy atom. The van der Waals surface area contributed by atoms with Crippen LogP contribution in [0.2, 0.25) is 5.02 Å². The Morgan fingerprint density at radius 1 is 1.40 bits per heavy atom. The molecule has 0 radical (unpaired) electrons. The number of carbonyl (C=O) groups is 1. The molecule has 1 amide bonds. The van der Waals surface area contributed by atoms with Gasteiger partial charge in [0.1, 0.15) is 5.56 Å². The van der Waals surface area contributed by atoms with Crippen molar-refractivity contribution in [3.8, 4) is 0 Å². The molecule has 0 unspecified atom stereocenters. The van der Waals surface area contributed by atoms with E-state index in [2.05, 4.69) is 5.32 Å². The molecule has 1 saturated carbocycles. The maximum atomic E-state index is 12.2. The number of amides is 1. The van der Waals surface area contributed by atoms with Crippen molar-refractivity contribution in [3.63, 3.8) is 0 Å². The Morgan fingerprint density at radius 2 is 2.10 bits per heavy atom. The number of benzene rings is 1. The molecule has 2 atom stereocenters. The maximum absolute atomic E-state index is 12.2. The van der Waals surface area contributed by atoms with Gasteiger partial charge in [-0.1, -0.05) is 30.5 Å². The minimum absolute atomic E-state index is 0.0704. The standard InChI is InChI=1S/C13H16ClN3O3/c14-8-4-3-7-11(17(19)20)12(8)13(18)16-10-6-2-1-5-9(10)15/h3-4,7,9-10H,1-2,5-6,15H2,(H,16,18)/t9-,10-/m1/s1. The molecule has 1 fully saturated rings. The van der Waals surface area contributed by atoms with Crippen molar-refractivity contribution in [2.45, 2.75) is 37.8 Å². The molecule has 0 saturated heterocycles. The van der Waals surface area contributed by atoms with Gasteiger partial charge < -0.3 is 11.1 Å². The normalized spacial score (nSPS) is 22.3. The second-order valence-electron chi connectivity index (χ2n) is 4.92. The van der Waals surface area contributed by atoms with Gasteiger partial charge in [-0.15, -0.1) is 0 Å². The predicted molar refractivity (Wildman–Crippen MR) is 75.8 cm³/mol. The Kier molecular flexibility index (Phi) is 4.57. The zero-order valence-electron chi connectivity index (χ0n) is 10.8. The lowest BCUT2D eigenvalue weighted by molar-refractivity contribution is -0.385. The number of nitro benzene ring substituents is 1. The Labute approximate surface area is 121 Å². The molecule has 1 aliphatic carbocycles. The minimum Gasteiger partial charge on any atom is -0.347 e. The van der Waals surface area contributed by atoms with E-state index in [0.717, 1.165) is 25.7 Å². The van der Waals surface area contributed by atoms with Gasteiger partial charge in [-0.25, -0.2) is 0 Å². The maximum Gasteiger partial charge on any atom is 0.283 e. The third-order valence-corrected chi connectivity index (χ3v) is 3.87. The van der Waals surface area contributed by atoms with Crippen molar-refractivity contribution < 1.29 is 9.72 Å². The highest BCUT2D eigenvalue weighted by molar-refractivity contribution is 6.34. The van der Waals surface area contributed by atoms with E-state index in [1.807, 2.05) is 0 Å².